The first-order valence-corrected chi connectivity index (χ1v) is 6.49. The molecule has 0 bridgehead atoms. The molecule has 4 nitrogen and oxygen atoms in total. The summed E-state index contributed by atoms with van der Waals surface area (Å²) < 4.78 is 15.0. The van der Waals surface area contributed by atoms with Crippen LogP contribution in [0.25, 0.3) is 0 Å². The first kappa shape index (κ1) is 14.2. The lowest BCUT2D eigenvalue weighted by molar-refractivity contribution is 0.0999. The molecule has 106 valence electrons. The molecular formula is C15H18FN3O. The topological polar surface area (TPSA) is 60.9 Å². The van der Waals surface area contributed by atoms with Crippen molar-refractivity contribution in [2.45, 2.75) is 26.2 Å². The van der Waals surface area contributed by atoms with E-state index in [-0.39, 0.29) is 11.7 Å². The molecule has 5 heteroatoms. The van der Waals surface area contributed by atoms with Gasteiger partial charge in [-0.05, 0) is 29.2 Å². The van der Waals surface area contributed by atoms with Crippen LogP contribution in [0, 0.1) is 5.82 Å². The third-order valence-corrected chi connectivity index (χ3v) is 3.26. The highest BCUT2D eigenvalue weighted by Gasteiger charge is 2.16. The Morgan fingerprint density at radius 2 is 2.15 bits per heavy atom. The summed E-state index contributed by atoms with van der Waals surface area (Å²) >= 11 is 0. The Kier molecular flexibility index (Phi) is 3.88. The van der Waals surface area contributed by atoms with Crippen LogP contribution in [0.3, 0.4) is 0 Å². The molecule has 0 saturated heterocycles. The summed E-state index contributed by atoms with van der Waals surface area (Å²) in [6.07, 6.45) is 1.98. The smallest absolute Gasteiger partial charge is 0.252 e. The SMILES string of the molecule is CC(C)c1ccc(F)cc1Cc1nn(C)cc1C(N)=O. The van der Waals surface area contributed by atoms with Gasteiger partial charge in [-0.15, -0.1) is 0 Å². The zero-order valence-corrected chi connectivity index (χ0v) is 11.9. The number of nitrogens with zero attached hydrogens (tertiary/aromatic N) is 2. The van der Waals surface area contributed by atoms with Gasteiger partial charge >= 0.3 is 0 Å². The van der Waals surface area contributed by atoms with Gasteiger partial charge < -0.3 is 5.73 Å². The fourth-order valence-corrected chi connectivity index (χ4v) is 2.34. The van der Waals surface area contributed by atoms with Crippen LogP contribution < -0.4 is 5.73 Å². The predicted molar refractivity (Wildman–Crippen MR) is 75.0 cm³/mol. The summed E-state index contributed by atoms with van der Waals surface area (Å²) in [4.78, 5) is 11.4. The molecule has 2 rings (SSSR count). The van der Waals surface area contributed by atoms with Gasteiger partial charge in [-0.3, -0.25) is 9.48 Å². The van der Waals surface area contributed by atoms with E-state index >= 15 is 0 Å². The fraction of sp³-hybridized carbons (Fsp3) is 0.333. The summed E-state index contributed by atoms with van der Waals surface area (Å²) in [7, 11) is 1.73. The minimum absolute atomic E-state index is 0.270. The number of hydrogen-bond acceptors (Lipinski definition) is 2. The van der Waals surface area contributed by atoms with Gasteiger partial charge in [-0.25, -0.2) is 4.39 Å². The van der Waals surface area contributed by atoms with Crippen LogP contribution in [0.15, 0.2) is 24.4 Å². The van der Waals surface area contributed by atoms with Gasteiger partial charge in [0.25, 0.3) is 5.91 Å². The summed E-state index contributed by atoms with van der Waals surface area (Å²) in [6, 6.07) is 4.73. The van der Waals surface area contributed by atoms with Gasteiger partial charge in [0.2, 0.25) is 0 Å². The second-order valence-corrected chi connectivity index (χ2v) is 5.20. The highest BCUT2D eigenvalue weighted by Crippen LogP contribution is 2.23. The van der Waals surface area contributed by atoms with Crippen LogP contribution in [-0.2, 0) is 13.5 Å². The number of nitrogens with two attached hydrogens (primary N) is 1. The second kappa shape index (κ2) is 5.45. The summed E-state index contributed by atoms with van der Waals surface area (Å²) in [5.74, 6) is -0.539. The molecule has 0 atom stereocenters. The largest absolute Gasteiger partial charge is 0.365 e. The van der Waals surface area contributed by atoms with E-state index in [0.717, 1.165) is 11.1 Å². The predicted octanol–water partition coefficient (Wildman–Crippen LogP) is 2.37. The van der Waals surface area contributed by atoms with Gasteiger partial charge in [0.15, 0.2) is 0 Å². The Morgan fingerprint density at radius 1 is 1.45 bits per heavy atom. The van der Waals surface area contributed by atoms with Crippen molar-refractivity contribution in [3.8, 4) is 0 Å². The van der Waals surface area contributed by atoms with Crippen molar-refractivity contribution in [1.29, 1.82) is 0 Å². The maximum atomic E-state index is 13.5. The van der Waals surface area contributed by atoms with E-state index in [0.29, 0.717) is 17.7 Å². The first-order chi connectivity index (χ1) is 9.38. The summed E-state index contributed by atoms with van der Waals surface area (Å²) in [6.45, 7) is 4.09. The standard InChI is InChI=1S/C15H18FN3O/c1-9(2)12-5-4-11(16)6-10(12)7-14-13(15(17)20)8-19(3)18-14/h4-6,8-9H,7H2,1-3H3,(H2,17,20). The van der Waals surface area contributed by atoms with Gasteiger partial charge in [0.05, 0.1) is 11.3 Å². The van der Waals surface area contributed by atoms with Crippen molar-refractivity contribution in [2.75, 3.05) is 0 Å². The molecular weight excluding hydrogens is 257 g/mol. The van der Waals surface area contributed by atoms with Crippen molar-refractivity contribution < 1.29 is 9.18 Å². The summed E-state index contributed by atoms with van der Waals surface area (Å²) in [5.41, 5.74) is 8.18. The number of amides is 1. The number of carbonyl (C=O) groups excluding carboxylic acids is 1. The molecule has 0 saturated carbocycles. The molecule has 0 aliphatic rings. The maximum Gasteiger partial charge on any atom is 0.252 e. The maximum absolute atomic E-state index is 13.5. The Morgan fingerprint density at radius 3 is 2.75 bits per heavy atom. The lowest BCUT2D eigenvalue weighted by Gasteiger charge is -2.12. The molecule has 0 fully saturated rings. The quantitative estimate of drug-likeness (QED) is 0.931. The lowest BCUT2D eigenvalue weighted by atomic mass is 9.93. The van der Waals surface area contributed by atoms with Crippen LogP contribution in [0.5, 0.6) is 0 Å². The molecule has 1 aromatic heterocycles. The molecule has 1 aromatic carbocycles. The molecule has 0 aliphatic carbocycles. The van der Waals surface area contributed by atoms with Gasteiger partial charge in [0, 0.05) is 19.7 Å². The number of hydrogen-bond donors (Lipinski definition) is 1. The average Bonchev–Trinajstić information content (AvgIpc) is 2.70. The number of aryl methyl sites for hydroxylation is 1. The van der Waals surface area contributed by atoms with E-state index in [9.17, 15) is 9.18 Å². The molecule has 0 radical (unpaired) electrons. The van der Waals surface area contributed by atoms with Crippen LogP contribution in [-0.4, -0.2) is 15.7 Å². The lowest BCUT2D eigenvalue weighted by Crippen LogP contribution is -2.13. The molecule has 0 spiro atoms. The molecule has 20 heavy (non-hydrogen) atoms. The number of halogens is 1. The highest BCUT2D eigenvalue weighted by molar-refractivity contribution is 5.93. The van der Waals surface area contributed by atoms with E-state index in [4.69, 9.17) is 5.73 Å². The van der Waals surface area contributed by atoms with Gasteiger partial charge in [0.1, 0.15) is 5.82 Å². The Bertz CT molecular complexity index is 647. The molecule has 0 aliphatic heterocycles. The fourth-order valence-electron chi connectivity index (χ4n) is 2.34. The van der Waals surface area contributed by atoms with Crippen molar-refractivity contribution in [3.05, 3.63) is 52.6 Å². The molecule has 2 aromatic rings. The van der Waals surface area contributed by atoms with Crippen molar-refractivity contribution in [1.82, 2.24) is 9.78 Å². The van der Waals surface area contributed by atoms with Crippen molar-refractivity contribution in [2.24, 2.45) is 12.8 Å². The van der Waals surface area contributed by atoms with E-state index in [1.807, 2.05) is 13.8 Å². The molecule has 0 unspecified atom stereocenters. The average molecular weight is 275 g/mol. The van der Waals surface area contributed by atoms with Crippen LogP contribution in [0.2, 0.25) is 0 Å². The minimum Gasteiger partial charge on any atom is -0.365 e. The van der Waals surface area contributed by atoms with Crippen LogP contribution in [0.4, 0.5) is 4.39 Å². The normalized spacial score (nSPS) is 11.1. The number of benzene rings is 1. The van der Waals surface area contributed by atoms with E-state index < -0.39 is 5.91 Å². The number of carbonyl (C=O) groups is 1. The minimum atomic E-state index is -0.518. The third kappa shape index (κ3) is 2.87. The van der Waals surface area contributed by atoms with E-state index in [2.05, 4.69) is 5.10 Å². The molecule has 1 amide bonds. The number of rotatable bonds is 4. The number of aromatic nitrogens is 2. The molecule has 1 heterocycles. The first-order valence-electron chi connectivity index (χ1n) is 6.49. The van der Waals surface area contributed by atoms with Gasteiger partial charge in [-0.2, -0.15) is 5.10 Å². The Labute approximate surface area is 117 Å². The zero-order chi connectivity index (χ0) is 14.9. The highest BCUT2D eigenvalue weighted by atomic mass is 19.1. The van der Waals surface area contributed by atoms with Crippen molar-refractivity contribution >= 4 is 5.91 Å². The van der Waals surface area contributed by atoms with Crippen LogP contribution >= 0.6 is 0 Å². The number of primary amides is 1. The second-order valence-electron chi connectivity index (χ2n) is 5.20. The monoisotopic (exact) mass is 275 g/mol. The summed E-state index contributed by atoms with van der Waals surface area (Å²) in [5, 5.41) is 4.25. The Balaban J connectivity index is 2.44. The van der Waals surface area contributed by atoms with Crippen molar-refractivity contribution in [3.63, 3.8) is 0 Å². The van der Waals surface area contributed by atoms with Crippen LogP contribution in [0.1, 0.15) is 46.9 Å². The third-order valence-electron chi connectivity index (χ3n) is 3.26. The van der Waals surface area contributed by atoms with E-state index in [1.54, 1.807) is 24.0 Å². The zero-order valence-electron chi connectivity index (χ0n) is 11.9. The van der Waals surface area contributed by atoms with E-state index in [1.165, 1.54) is 12.1 Å². The molecule has 2 N–H and O–H groups in total. The Hall–Kier alpha value is -2.17. The van der Waals surface area contributed by atoms with Gasteiger partial charge in [-0.1, -0.05) is 19.9 Å².